The Bertz CT molecular complexity index is 520. The minimum atomic E-state index is -1.09. The Morgan fingerprint density at radius 1 is 1.29 bits per heavy atom. The van der Waals surface area contributed by atoms with Crippen LogP contribution in [-0.2, 0) is 19.2 Å². The summed E-state index contributed by atoms with van der Waals surface area (Å²) >= 11 is 1.33. The van der Waals surface area contributed by atoms with Crippen LogP contribution < -0.4 is 5.32 Å². The fraction of sp³-hybridized carbons (Fsp3) is 0.667. The molecule has 0 radical (unpaired) electrons. The summed E-state index contributed by atoms with van der Waals surface area (Å²) in [5, 5.41) is 19.8. The van der Waals surface area contributed by atoms with Crippen molar-refractivity contribution in [3.63, 3.8) is 0 Å². The summed E-state index contributed by atoms with van der Waals surface area (Å²) in [4.78, 5) is 46.6. The Labute approximate surface area is 124 Å². The standard InChI is InChI=1S/C12H16N2O6S/c1-12(2)8(11(19)20)14-9(18)7(10(14)21-12)13-5(15)3-4-6(16)17/h7-8,10H,3-4H2,1-2H3,(H,13,15)(H,16,17)(H,19,20). The molecule has 2 amide bonds. The predicted molar refractivity (Wildman–Crippen MR) is 72.5 cm³/mol. The molecule has 2 rings (SSSR count). The first kappa shape index (κ1) is 15.6. The molecule has 2 aliphatic rings. The summed E-state index contributed by atoms with van der Waals surface area (Å²) in [5.41, 5.74) is 0. The number of nitrogens with zero attached hydrogens (tertiary/aromatic N) is 1. The van der Waals surface area contributed by atoms with E-state index in [0.717, 1.165) is 0 Å². The average Bonchev–Trinajstić information content (AvgIpc) is 2.62. The number of amides is 2. The largest absolute Gasteiger partial charge is 0.481 e. The number of fused-ring (bicyclic) bond motifs is 1. The molecule has 116 valence electrons. The van der Waals surface area contributed by atoms with Gasteiger partial charge in [0.25, 0.3) is 0 Å². The molecule has 0 saturated carbocycles. The minimum Gasteiger partial charge on any atom is -0.481 e. The average molecular weight is 316 g/mol. The number of carboxylic acids is 2. The lowest BCUT2D eigenvalue weighted by Gasteiger charge is -2.43. The van der Waals surface area contributed by atoms with Crippen molar-refractivity contribution in [2.45, 2.75) is 48.9 Å². The van der Waals surface area contributed by atoms with E-state index in [-0.39, 0.29) is 12.8 Å². The van der Waals surface area contributed by atoms with Gasteiger partial charge in [0.05, 0.1) is 6.42 Å². The zero-order valence-electron chi connectivity index (χ0n) is 11.5. The van der Waals surface area contributed by atoms with Crippen LogP contribution in [0, 0.1) is 0 Å². The fourth-order valence-electron chi connectivity index (χ4n) is 2.61. The molecule has 8 nitrogen and oxygen atoms in total. The van der Waals surface area contributed by atoms with Crippen LogP contribution in [0.5, 0.6) is 0 Å². The maximum absolute atomic E-state index is 12.0. The molecule has 21 heavy (non-hydrogen) atoms. The lowest BCUT2D eigenvalue weighted by Crippen LogP contribution is -2.70. The van der Waals surface area contributed by atoms with Crippen LogP contribution in [-0.4, -0.2) is 61.1 Å². The third kappa shape index (κ3) is 2.69. The van der Waals surface area contributed by atoms with Gasteiger partial charge < -0.3 is 20.4 Å². The van der Waals surface area contributed by atoms with Gasteiger partial charge in [0.15, 0.2) is 0 Å². The monoisotopic (exact) mass is 316 g/mol. The van der Waals surface area contributed by atoms with Crippen molar-refractivity contribution in [2.75, 3.05) is 0 Å². The normalized spacial score (nSPS) is 29.5. The Morgan fingerprint density at radius 2 is 1.90 bits per heavy atom. The molecule has 2 heterocycles. The third-order valence-electron chi connectivity index (χ3n) is 3.56. The molecule has 0 spiro atoms. The summed E-state index contributed by atoms with van der Waals surface area (Å²) in [6, 6.07) is -1.70. The molecule has 3 atom stereocenters. The molecule has 0 aromatic rings. The van der Waals surface area contributed by atoms with Crippen molar-refractivity contribution in [1.82, 2.24) is 10.2 Å². The molecular weight excluding hydrogens is 300 g/mol. The van der Waals surface area contributed by atoms with Crippen LogP contribution in [0.25, 0.3) is 0 Å². The molecule has 0 aromatic carbocycles. The van der Waals surface area contributed by atoms with Crippen molar-refractivity contribution in [3.8, 4) is 0 Å². The summed E-state index contributed by atoms with van der Waals surface area (Å²) in [6.45, 7) is 3.48. The zero-order valence-corrected chi connectivity index (χ0v) is 12.3. The van der Waals surface area contributed by atoms with Gasteiger partial charge in [-0.05, 0) is 13.8 Å². The molecule has 0 aromatic heterocycles. The van der Waals surface area contributed by atoms with Gasteiger partial charge in [0.1, 0.15) is 17.5 Å². The summed E-state index contributed by atoms with van der Waals surface area (Å²) in [5.74, 6) is -3.12. The van der Waals surface area contributed by atoms with Gasteiger partial charge >= 0.3 is 11.9 Å². The lowest BCUT2D eigenvalue weighted by atomic mass is 9.96. The molecule has 2 aliphatic heterocycles. The number of rotatable bonds is 5. The SMILES string of the molecule is CC1(C)SC2C(NC(=O)CCC(=O)O)C(=O)N2C1C(=O)O. The van der Waals surface area contributed by atoms with E-state index in [2.05, 4.69) is 5.32 Å². The van der Waals surface area contributed by atoms with Crippen molar-refractivity contribution < 1.29 is 29.4 Å². The van der Waals surface area contributed by atoms with Crippen LogP contribution in [0.2, 0.25) is 0 Å². The first-order valence-corrected chi connectivity index (χ1v) is 7.27. The number of carbonyl (C=O) groups is 4. The van der Waals surface area contributed by atoms with Gasteiger partial charge in [-0.1, -0.05) is 0 Å². The zero-order chi connectivity index (χ0) is 15.9. The second kappa shape index (κ2) is 5.21. The van der Waals surface area contributed by atoms with Crippen molar-refractivity contribution >= 4 is 35.5 Å². The van der Waals surface area contributed by atoms with Crippen LogP contribution in [0.1, 0.15) is 26.7 Å². The van der Waals surface area contributed by atoms with E-state index in [1.807, 2.05) is 0 Å². The Kier molecular flexibility index (Phi) is 3.87. The molecule has 9 heteroatoms. The van der Waals surface area contributed by atoms with Gasteiger partial charge in [0.2, 0.25) is 11.8 Å². The minimum absolute atomic E-state index is 0.206. The number of β-lactam (4-membered cyclic amide) rings is 1. The number of hydrogen-bond acceptors (Lipinski definition) is 5. The maximum atomic E-state index is 12.0. The second-order valence-electron chi connectivity index (χ2n) is 5.54. The fourth-order valence-corrected chi connectivity index (χ4v) is 4.24. The lowest BCUT2D eigenvalue weighted by molar-refractivity contribution is -0.161. The molecule has 2 saturated heterocycles. The van der Waals surface area contributed by atoms with E-state index >= 15 is 0 Å². The second-order valence-corrected chi connectivity index (χ2v) is 7.31. The van der Waals surface area contributed by atoms with Crippen molar-refractivity contribution in [2.24, 2.45) is 0 Å². The van der Waals surface area contributed by atoms with Crippen LogP contribution in [0.3, 0.4) is 0 Å². The van der Waals surface area contributed by atoms with E-state index in [0.29, 0.717) is 0 Å². The highest BCUT2D eigenvalue weighted by atomic mass is 32.2. The highest BCUT2D eigenvalue weighted by Gasteiger charge is 2.64. The Morgan fingerprint density at radius 3 is 2.43 bits per heavy atom. The third-order valence-corrected chi connectivity index (χ3v) is 5.13. The Balaban J connectivity index is 2.01. The van der Waals surface area contributed by atoms with E-state index < -0.39 is 46.0 Å². The molecule has 3 N–H and O–H groups in total. The maximum Gasteiger partial charge on any atom is 0.327 e. The highest BCUT2D eigenvalue weighted by molar-refractivity contribution is 8.01. The summed E-state index contributed by atoms with van der Waals surface area (Å²) in [7, 11) is 0. The number of carbonyl (C=O) groups excluding carboxylic acids is 2. The first-order valence-electron chi connectivity index (χ1n) is 6.39. The molecule has 3 unspecified atom stereocenters. The first-order chi connectivity index (χ1) is 9.65. The Hall–Kier alpha value is -1.77. The van der Waals surface area contributed by atoms with E-state index in [4.69, 9.17) is 5.11 Å². The number of hydrogen-bond donors (Lipinski definition) is 3. The molecule has 0 aliphatic carbocycles. The quantitative estimate of drug-likeness (QED) is 0.583. The topological polar surface area (TPSA) is 124 Å². The number of carboxylic acid groups (broad SMARTS) is 2. The van der Waals surface area contributed by atoms with Crippen LogP contribution in [0.15, 0.2) is 0 Å². The number of aliphatic carboxylic acids is 2. The van der Waals surface area contributed by atoms with Gasteiger partial charge in [-0.3, -0.25) is 14.4 Å². The number of nitrogens with one attached hydrogen (secondary N) is 1. The molecule has 0 bridgehead atoms. The van der Waals surface area contributed by atoms with Crippen LogP contribution in [0.4, 0.5) is 0 Å². The summed E-state index contributed by atoms with van der Waals surface area (Å²) < 4.78 is -0.646. The van der Waals surface area contributed by atoms with Crippen LogP contribution >= 0.6 is 11.8 Å². The van der Waals surface area contributed by atoms with Crippen molar-refractivity contribution in [3.05, 3.63) is 0 Å². The van der Waals surface area contributed by atoms with Gasteiger partial charge in [-0.25, -0.2) is 4.79 Å². The smallest absolute Gasteiger partial charge is 0.327 e. The molecular formula is C12H16N2O6S. The number of thioether (sulfide) groups is 1. The highest BCUT2D eigenvalue weighted by Crippen LogP contribution is 2.50. The van der Waals surface area contributed by atoms with E-state index in [1.165, 1.54) is 16.7 Å². The van der Waals surface area contributed by atoms with E-state index in [9.17, 15) is 24.3 Å². The predicted octanol–water partition coefficient (Wildman–Crippen LogP) is -0.517. The van der Waals surface area contributed by atoms with Gasteiger partial charge in [0, 0.05) is 11.2 Å². The van der Waals surface area contributed by atoms with Gasteiger partial charge in [-0.15, -0.1) is 11.8 Å². The van der Waals surface area contributed by atoms with E-state index in [1.54, 1.807) is 13.8 Å². The van der Waals surface area contributed by atoms with Crippen molar-refractivity contribution in [1.29, 1.82) is 0 Å². The summed E-state index contributed by atoms with van der Waals surface area (Å²) in [6.07, 6.45) is -0.514. The molecule has 2 fully saturated rings. The van der Waals surface area contributed by atoms with Gasteiger partial charge in [-0.2, -0.15) is 0 Å².